The minimum atomic E-state index is 0.0810. The van der Waals surface area contributed by atoms with Gasteiger partial charge in [0.25, 0.3) is 0 Å². The summed E-state index contributed by atoms with van der Waals surface area (Å²) in [7, 11) is 0. The van der Waals surface area contributed by atoms with Crippen molar-refractivity contribution in [3.8, 4) is 5.75 Å². The predicted molar refractivity (Wildman–Crippen MR) is 32.8 cm³/mol. The molecule has 0 amide bonds. The zero-order valence-corrected chi connectivity index (χ0v) is 4.68. The number of rotatable bonds is 0. The third-order valence-electron chi connectivity index (χ3n) is 1.04. The lowest BCUT2D eigenvalue weighted by Gasteiger charge is -1.92. The smallest absolute Gasteiger partial charge is 0.118 e. The van der Waals surface area contributed by atoms with E-state index in [1.807, 2.05) is 0 Å². The van der Waals surface area contributed by atoms with Gasteiger partial charge in [0.1, 0.15) is 5.75 Å². The lowest BCUT2D eigenvalue weighted by molar-refractivity contribution is 0.471. The van der Waals surface area contributed by atoms with Gasteiger partial charge in [-0.3, -0.25) is 0 Å². The fourth-order valence-electron chi connectivity index (χ4n) is 0.512. The molecule has 1 aromatic rings. The zero-order chi connectivity index (χ0) is 6.85. The molecule has 0 bridgehead atoms. The van der Waals surface area contributed by atoms with Crippen LogP contribution in [0.15, 0.2) is 24.2 Å². The summed E-state index contributed by atoms with van der Waals surface area (Å²) in [5.74, 6) is 0.0810. The van der Waals surface area contributed by atoms with Gasteiger partial charge in [-0.2, -0.15) is 0 Å². The highest BCUT2D eigenvalue weighted by Crippen LogP contribution is 2.12. The number of aryl methyl sites for hydroxylation is 1. The van der Waals surface area contributed by atoms with Crippen molar-refractivity contribution in [2.45, 2.75) is 6.92 Å². The van der Waals surface area contributed by atoms with Crippen LogP contribution in [-0.4, -0.2) is 5.11 Å². The van der Waals surface area contributed by atoms with Crippen molar-refractivity contribution < 1.29 is 6.48 Å². The zero-order valence-electron chi connectivity index (χ0n) is 5.68. The number of hydrogen-bond acceptors (Lipinski definition) is 1. The molecule has 0 aliphatic carbocycles. The minimum Gasteiger partial charge on any atom is -0.508 e. The second-order valence-electron chi connectivity index (χ2n) is 1.70. The lowest BCUT2D eigenvalue weighted by Crippen LogP contribution is -1.68. The van der Waals surface area contributed by atoms with Crippen LogP contribution in [0.2, 0.25) is 0 Å². The molecule has 0 saturated heterocycles. The van der Waals surface area contributed by atoms with Crippen LogP contribution in [0.5, 0.6) is 5.75 Å². The van der Waals surface area contributed by atoms with Crippen LogP contribution in [0.1, 0.15) is 6.93 Å². The fourth-order valence-corrected chi connectivity index (χ4v) is 0.512. The molecule has 1 nitrogen and oxygen atoms in total. The maximum absolute atomic E-state index is 9.02. The van der Waals surface area contributed by atoms with Gasteiger partial charge in [-0.1, -0.05) is 18.2 Å². The molecule has 0 aliphatic heterocycles. The van der Waals surface area contributed by atoms with Crippen LogP contribution in [0, 0.1) is 6.92 Å². The molecule has 0 atom stereocenters. The van der Waals surface area contributed by atoms with E-state index >= 15 is 0 Å². The van der Waals surface area contributed by atoms with Crippen molar-refractivity contribution in [3.63, 3.8) is 0 Å². The molecule has 1 heteroatoms. The van der Waals surface area contributed by atoms with E-state index in [0.717, 1.165) is 5.56 Å². The Morgan fingerprint density at radius 2 is 2.38 bits per heavy atom. The summed E-state index contributed by atoms with van der Waals surface area (Å²) in [5, 5.41) is 9.02. The summed E-state index contributed by atoms with van der Waals surface area (Å²) in [6.07, 6.45) is 0. The van der Waals surface area contributed by atoms with Gasteiger partial charge in [0.15, 0.2) is 0 Å². The third-order valence-corrected chi connectivity index (χ3v) is 1.04. The molecule has 0 heterocycles. The van der Waals surface area contributed by atoms with E-state index in [-0.39, 0.29) is 11.8 Å². The highest BCUT2D eigenvalue weighted by atomic mass is 16.3. The molecular weight excluding hydrogens is 100 g/mol. The molecule has 0 spiro atoms. The van der Waals surface area contributed by atoms with Crippen molar-refractivity contribution in [1.82, 2.24) is 0 Å². The first-order chi connectivity index (χ1) is 4.22. The van der Waals surface area contributed by atoms with E-state index in [0.29, 0.717) is 0 Å². The standard InChI is InChI=1S/C7H8O/c1-6-4-2-3-5-7(6)8/h2-5,8H,1H3/i5D. The van der Waals surface area contributed by atoms with Gasteiger partial charge >= 0.3 is 0 Å². The van der Waals surface area contributed by atoms with Crippen LogP contribution in [-0.2, 0) is 0 Å². The molecule has 0 aliphatic rings. The second kappa shape index (κ2) is 1.86. The van der Waals surface area contributed by atoms with Gasteiger partial charge < -0.3 is 5.11 Å². The first-order valence-electron chi connectivity index (χ1n) is 2.97. The molecule has 1 aromatic carbocycles. The van der Waals surface area contributed by atoms with E-state index in [1.165, 1.54) is 0 Å². The maximum Gasteiger partial charge on any atom is 0.118 e. The summed E-state index contributed by atoms with van der Waals surface area (Å²) in [6.45, 7) is 1.77. The molecule has 0 saturated carbocycles. The van der Waals surface area contributed by atoms with Crippen molar-refractivity contribution in [3.05, 3.63) is 29.8 Å². The van der Waals surface area contributed by atoms with Crippen molar-refractivity contribution >= 4 is 0 Å². The molecule has 1 rings (SSSR count). The molecule has 8 heavy (non-hydrogen) atoms. The molecule has 0 fully saturated rings. The van der Waals surface area contributed by atoms with Crippen LogP contribution >= 0.6 is 0 Å². The fraction of sp³-hybridized carbons (Fsp3) is 0.143. The Hall–Kier alpha value is -0.980. The van der Waals surface area contributed by atoms with Gasteiger partial charge in [-0.15, -0.1) is 0 Å². The lowest BCUT2D eigenvalue weighted by atomic mass is 10.2. The Bertz CT molecular complexity index is 200. The van der Waals surface area contributed by atoms with Crippen molar-refractivity contribution in [2.24, 2.45) is 0 Å². The number of hydrogen-bond donors (Lipinski definition) is 1. The Kier molecular flexibility index (Phi) is 0.922. The van der Waals surface area contributed by atoms with E-state index in [4.69, 9.17) is 6.48 Å². The van der Waals surface area contributed by atoms with E-state index < -0.39 is 0 Å². The van der Waals surface area contributed by atoms with Crippen LogP contribution in [0.3, 0.4) is 0 Å². The summed E-state index contributed by atoms with van der Waals surface area (Å²) < 4.78 is 7.11. The Balaban J connectivity index is 3.25. The highest BCUT2D eigenvalue weighted by molar-refractivity contribution is 5.29. The molecule has 0 aromatic heterocycles. The maximum atomic E-state index is 9.02. The number of para-hydroxylation sites is 1. The molecule has 0 unspecified atom stereocenters. The quantitative estimate of drug-likeness (QED) is 0.537. The summed E-state index contributed by atoms with van der Waals surface area (Å²) in [5.41, 5.74) is 0.752. The van der Waals surface area contributed by atoms with Crippen LogP contribution in [0.4, 0.5) is 0 Å². The molecule has 1 N–H and O–H groups in total. The van der Waals surface area contributed by atoms with E-state index in [9.17, 15) is 0 Å². The van der Waals surface area contributed by atoms with Gasteiger partial charge in [-0.05, 0) is 18.5 Å². The Morgan fingerprint density at radius 1 is 1.62 bits per heavy atom. The first-order valence-corrected chi connectivity index (χ1v) is 2.47. The second-order valence-corrected chi connectivity index (χ2v) is 1.70. The number of benzene rings is 1. The number of aromatic hydroxyl groups is 1. The van der Waals surface area contributed by atoms with E-state index in [2.05, 4.69) is 0 Å². The van der Waals surface area contributed by atoms with Crippen LogP contribution in [0.25, 0.3) is 0 Å². The number of phenols is 1. The van der Waals surface area contributed by atoms with Gasteiger partial charge in [0, 0.05) is 0 Å². The predicted octanol–water partition coefficient (Wildman–Crippen LogP) is 1.70. The number of phenolic OH excluding ortho intramolecular Hbond substituents is 1. The third kappa shape index (κ3) is 0.808. The van der Waals surface area contributed by atoms with Crippen molar-refractivity contribution in [2.75, 3.05) is 0 Å². The van der Waals surface area contributed by atoms with Gasteiger partial charge in [-0.25, -0.2) is 0 Å². The largest absolute Gasteiger partial charge is 0.508 e. The first kappa shape index (κ1) is 3.96. The van der Waals surface area contributed by atoms with Gasteiger partial charge in [0.05, 0.1) is 1.37 Å². The average Bonchev–Trinajstić information content (AvgIpc) is 1.83. The molecule has 0 radical (unpaired) electrons. The minimum absolute atomic E-state index is 0.0810. The monoisotopic (exact) mass is 109 g/mol. The normalized spacial score (nSPS) is 10.9. The molecule has 42 valence electrons. The Morgan fingerprint density at radius 3 is 2.88 bits per heavy atom. The summed E-state index contributed by atoms with van der Waals surface area (Å²) in [4.78, 5) is 0. The van der Waals surface area contributed by atoms with E-state index in [1.54, 1.807) is 25.1 Å². The SMILES string of the molecule is [2H]c1cccc(C)c1O. The van der Waals surface area contributed by atoms with Crippen LogP contribution < -0.4 is 0 Å². The summed E-state index contributed by atoms with van der Waals surface area (Å²) >= 11 is 0. The summed E-state index contributed by atoms with van der Waals surface area (Å²) in [6, 6.07) is 5.27. The Labute approximate surface area is 50.0 Å². The highest BCUT2D eigenvalue weighted by Gasteiger charge is 1.86. The average molecular weight is 109 g/mol. The van der Waals surface area contributed by atoms with Crippen molar-refractivity contribution in [1.29, 1.82) is 0 Å². The van der Waals surface area contributed by atoms with Gasteiger partial charge in [0.2, 0.25) is 0 Å². The molecular formula is C7H8O. The topological polar surface area (TPSA) is 20.2 Å².